The van der Waals surface area contributed by atoms with Gasteiger partial charge >= 0.3 is 0 Å². The zero-order valence-corrected chi connectivity index (χ0v) is 15.8. The molecule has 27 heavy (non-hydrogen) atoms. The van der Waals surface area contributed by atoms with E-state index in [0.717, 1.165) is 24.9 Å². The van der Waals surface area contributed by atoms with Gasteiger partial charge in [-0.05, 0) is 36.8 Å². The quantitative estimate of drug-likeness (QED) is 0.481. The second-order valence-electron chi connectivity index (χ2n) is 5.96. The largest absolute Gasteiger partial charge is 0.478 e. The van der Waals surface area contributed by atoms with Crippen LogP contribution in [0.15, 0.2) is 49.1 Å². The van der Waals surface area contributed by atoms with E-state index in [1.165, 1.54) is 0 Å². The number of pyridine rings is 2. The predicted molar refractivity (Wildman–Crippen MR) is 108 cm³/mol. The molecule has 0 bridgehead atoms. The highest BCUT2D eigenvalue weighted by atomic mass is 32.1. The molecule has 0 unspecified atom stereocenters. The molecule has 0 saturated heterocycles. The van der Waals surface area contributed by atoms with Gasteiger partial charge in [0.15, 0.2) is 5.11 Å². The first-order valence-electron chi connectivity index (χ1n) is 8.79. The Morgan fingerprint density at radius 1 is 1.22 bits per heavy atom. The number of ether oxygens (including phenoxy) is 1. The highest BCUT2D eigenvalue weighted by Gasteiger charge is 2.09. The van der Waals surface area contributed by atoms with E-state index in [0.29, 0.717) is 23.7 Å². The number of hydrogen-bond acceptors (Lipinski definition) is 5. The van der Waals surface area contributed by atoms with Crippen LogP contribution in [0.1, 0.15) is 36.5 Å². The molecule has 0 fully saturated rings. The fraction of sp³-hybridized carbons (Fsp3) is 0.263. The average molecular weight is 383 g/mol. The first-order chi connectivity index (χ1) is 13.2. The van der Waals surface area contributed by atoms with Crippen molar-refractivity contribution in [2.24, 2.45) is 0 Å². The summed E-state index contributed by atoms with van der Waals surface area (Å²) in [5.74, 6) is 0.271. The van der Waals surface area contributed by atoms with Crippen LogP contribution in [0.5, 0.6) is 5.88 Å². The van der Waals surface area contributed by atoms with Crippen molar-refractivity contribution in [3.8, 4) is 5.88 Å². The lowest BCUT2D eigenvalue weighted by molar-refractivity contribution is 0.0977. The standard InChI is InChI=1S/C19H21N5O2S/c1-2-3-4-11-26-17-8-6-15(12-21-17)22-19(27)23-18(25)14-5-7-16-20-9-10-24(16)13-14/h5-10,12-13H,2-4,11H2,1H3,(H2,22,23,25,27). The number of amides is 1. The molecule has 3 aromatic heterocycles. The second kappa shape index (κ2) is 9.09. The maximum Gasteiger partial charge on any atom is 0.258 e. The molecule has 0 aliphatic carbocycles. The Bertz CT molecular complexity index is 923. The first kappa shape index (κ1) is 18.8. The Labute approximate surface area is 162 Å². The van der Waals surface area contributed by atoms with Gasteiger partial charge in [0.25, 0.3) is 5.91 Å². The van der Waals surface area contributed by atoms with Gasteiger partial charge in [-0.2, -0.15) is 0 Å². The SMILES string of the molecule is CCCCCOc1ccc(NC(=S)NC(=O)c2ccc3nccn3c2)cn1. The molecule has 8 heteroatoms. The van der Waals surface area contributed by atoms with Crippen molar-refractivity contribution in [2.75, 3.05) is 11.9 Å². The summed E-state index contributed by atoms with van der Waals surface area (Å²) in [6.07, 6.45) is 10.1. The number of nitrogens with zero attached hydrogens (tertiary/aromatic N) is 3. The zero-order valence-electron chi connectivity index (χ0n) is 15.0. The molecule has 0 aliphatic rings. The number of hydrogen-bond donors (Lipinski definition) is 2. The maximum atomic E-state index is 12.3. The number of nitrogens with one attached hydrogen (secondary N) is 2. The molecule has 3 heterocycles. The fourth-order valence-corrected chi connectivity index (χ4v) is 2.67. The summed E-state index contributed by atoms with van der Waals surface area (Å²) in [4.78, 5) is 20.7. The number of thiocarbonyl (C=S) groups is 1. The van der Waals surface area contributed by atoms with Gasteiger partial charge in [-0.15, -0.1) is 0 Å². The number of fused-ring (bicyclic) bond motifs is 1. The number of carbonyl (C=O) groups is 1. The molecular formula is C19H21N5O2S. The third-order valence-corrected chi connectivity index (χ3v) is 4.07. The molecule has 0 saturated carbocycles. The summed E-state index contributed by atoms with van der Waals surface area (Å²) in [7, 11) is 0. The number of imidazole rings is 1. The van der Waals surface area contributed by atoms with Crippen LogP contribution in [0, 0.1) is 0 Å². The van der Waals surface area contributed by atoms with Crippen LogP contribution in [-0.4, -0.2) is 32.0 Å². The highest BCUT2D eigenvalue weighted by Crippen LogP contribution is 2.12. The lowest BCUT2D eigenvalue weighted by atomic mass is 10.2. The number of carbonyl (C=O) groups excluding carboxylic acids is 1. The summed E-state index contributed by atoms with van der Waals surface area (Å²) < 4.78 is 7.34. The molecule has 0 spiro atoms. The minimum Gasteiger partial charge on any atom is -0.478 e. The Hall–Kier alpha value is -3.00. The Kier molecular flexibility index (Phi) is 6.32. The Morgan fingerprint density at radius 3 is 2.89 bits per heavy atom. The minimum absolute atomic E-state index is 0.198. The third kappa shape index (κ3) is 5.24. The molecule has 2 N–H and O–H groups in total. The van der Waals surface area contributed by atoms with E-state index in [4.69, 9.17) is 17.0 Å². The van der Waals surface area contributed by atoms with Crippen LogP contribution >= 0.6 is 12.2 Å². The second-order valence-corrected chi connectivity index (χ2v) is 6.37. The van der Waals surface area contributed by atoms with Gasteiger partial charge < -0.3 is 14.5 Å². The molecular weight excluding hydrogens is 362 g/mol. The van der Waals surface area contributed by atoms with Crippen molar-refractivity contribution < 1.29 is 9.53 Å². The van der Waals surface area contributed by atoms with E-state index < -0.39 is 0 Å². The van der Waals surface area contributed by atoms with E-state index in [-0.39, 0.29) is 11.0 Å². The highest BCUT2D eigenvalue weighted by molar-refractivity contribution is 7.80. The van der Waals surface area contributed by atoms with Gasteiger partial charge in [-0.1, -0.05) is 19.8 Å². The van der Waals surface area contributed by atoms with Gasteiger partial charge in [-0.25, -0.2) is 9.97 Å². The van der Waals surface area contributed by atoms with Crippen molar-refractivity contribution in [3.05, 3.63) is 54.6 Å². The fourth-order valence-electron chi connectivity index (χ4n) is 2.46. The van der Waals surface area contributed by atoms with Crippen LogP contribution in [0.4, 0.5) is 5.69 Å². The number of rotatable bonds is 7. The van der Waals surface area contributed by atoms with Crippen LogP contribution in [-0.2, 0) is 0 Å². The number of aromatic nitrogens is 3. The van der Waals surface area contributed by atoms with Gasteiger partial charge in [0.2, 0.25) is 5.88 Å². The van der Waals surface area contributed by atoms with E-state index in [1.807, 2.05) is 0 Å². The average Bonchev–Trinajstić information content (AvgIpc) is 3.14. The summed E-state index contributed by atoms with van der Waals surface area (Å²) in [5, 5.41) is 5.79. The van der Waals surface area contributed by atoms with E-state index >= 15 is 0 Å². The summed E-state index contributed by atoms with van der Waals surface area (Å²) >= 11 is 5.20. The van der Waals surface area contributed by atoms with Crippen LogP contribution in [0.3, 0.4) is 0 Å². The maximum absolute atomic E-state index is 12.3. The van der Waals surface area contributed by atoms with Crippen LogP contribution < -0.4 is 15.4 Å². The summed E-state index contributed by atoms with van der Waals surface area (Å²) in [6.45, 7) is 2.81. The topological polar surface area (TPSA) is 80.5 Å². The van der Waals surface area contributed by atoms with Gasteiger partial charge in [0.05, 0.1) is 24.1 Å². The number of anilines is 1. The molecule has 0 atom stereocenters. The van der Waals surface area contributed by atoms with Gasteiger partial charge in [-0.3, -0.25) is 10.1 Å². The molecule has 3 aromatic rings. The molecule has 7 nitrogen and oxygen atoms in total. The van der Waals surface area contributed by atoms with Crippen molar-refractivity contribution in [3.63, 3.8) is 0 Å². The lowest BCUT2D eigenvalue weighted by Gasteiger charge is -2.10. The van der Waals surface area contributed by atoms with Gasteiger partial charge in [0, 0.05) is 24.7 Å². The molecule has 140 valence electrons. The summed E-state index contributed by atoms with van der Waals surface area (Å²) in [6, 6.07) is 7.05. The van der Waals surface area contributed by atoms with E-state index in [1.54, 1.807) is 53.5 Å². The molecule has 0 radical (unpaired) electrons. The molecule has 3 rings (SSSR count). The Morgan fingerprint density at radius 2 is 2.11 bits per heavy atom. The lowest BCUT2D eigenvalue weighted by Crippen LogP contribution is -2.34. The van der Waals surface area contributed by atoms with Crippen LogP contribution in [0.2, 0.25) is 0 Å². The zero-order chi connectivity index (χ0) is 19.1. The van der Waals surface area contributed by atoms with Crippen molar-refractivity contribution >= 4 is 34.6 Å². The van der Waals surface area contributed by atoms with Crippen molar-refractivity contribution in [1.29, 1.82) is 0 Å². The van der Waals surface area contributed by atoms with E-state index in [2.05, 4.69) is 27.5 Å². The van der Waals surface area contributed by atoms with Crippen LogP contribution in [0.25, 0.3) is 5.65 Å². The normalized spacial score (nSPS) is 10.6. The molecule has 0 aromatic carbocycles. The first-order valence-corrected chi connectivity index (χ1v) is 9.20. The van der Waals surface area contributed by atoms with Gasteiger partial charge in [0.1, 0.15) is 5.65 Å². The summed E-state index contributed by atoms with van der Waals surface area (Å²) in [5.41, 5.74) is 1.93. The minimum atomic E-state index is -0.299. The van der Waals surface area contributed by atoms with E-state index in [9.17, 15) is 4.79 Å². The molecule has 0 aliphatic heterocycles. The predicted octanol–water partition coefficient (Wildman–Crippen LogP) is 3.43. The smallest absolute Gasteiger partial charge is 0.258 e. The number of unbranched alkanes of at least 4 members (excludes halogenated alkanes) is 2. The van der Waals surface area contributed by atoms with Crippen molar-refractivity contribution in [2.45, 2.75) is 26.2 Å². The van der Waals surface area contributed by atoms with Crippen molar-refractivity contribution in [1.82, 2.24) is 19.7 Å². The third-order valence-electron chi connectivity index (χ3n) is 3.87. The monoisotopic (exact) mass is 383 g/mol. The molecule has 1 amide bonds. The Balaban J connectivity index is 1.51.